The monoisotopic (exact) mass is 718 g/mol. The Morgan fingerprint density at radius 3 is 0.633 bits per heavy atom. The van der Waals surface area contributed by atoms with Crippen LogP contribution in [0.25, 0.3) is 0 Å². The van der Waals surface area contributed by atoms with Gasteiger partial charge in [-0.05, 0) is 114 Å². The molecule has 2 bridgehead atoms. The largest absolute Gasteiger partial charge is 0.460 e. The summed E-state index contributed by atoms with van der Waals surface area (Å²) in [5.41, 5.74) is 17.7. The van der Waals surface area contributed by atoms with Crippen molar-refractivity contribution in [3.05, 3.63) is 115 Å². The lowest BCUT2D eigenvalue weighted by molar-refractivity contribution is 0.452. The van der Waals surface area contributed by atoms with Crippen molar-refractivity contribution in [3.63, 3.8) is 0 Å². The van der Waals surface area contributed by atoms with Crippen LogP contribution < -0.4 is 20.7 Å². The van der Waals surface area contributed by atoms with Crippen LogP contribution >= 0.6 is 0 Å². The first-order chi connectivity index (χ1) is 22.5. The molecule has 5 heteroatoms. The summed E-state index contributed by atoms with van der Waals surface area (Å²) < 4.78 is 8.54. The highest BCUT2D eigenvalue weighted by atomic mass is 30.2. The van der Waals surface area contributed by atoms with Gasteiger partial charge in [-0.15, -0.1) is 0 Å². The van der Waals surface area contributed by atoms with Crippen LogP contribution in [0.2, 0.25) is 10.1 Å². The SMILES string of the molecule is Cc1cc(C)c([Si]2(c3c(C)cc(C)cc3C)[Si]3(C(C)(C)C)O[Si]2(C(C)(C)C)[Si]3(c2c(C)cc(C)cc2C)c2c(C)cc(C)cc2C)c(C)c1. The molecule has 4 aromatic rings. The fourth-order valence-corrected chi connectivity index (χ4v) is 151. The van der Waals surface area contributed by atoms with E-state index in [0.717, 1.165) is 0 Å². The van der Waals surface area contributed by atoms with Crippen LogP contribution in [-0.2, 0) is 4.12 Å². The van der Waals surface area contributed by atoms with E-state index in [2.05, 4.69) is 173 Å². The third-order valence-electron chi connectivity index (χ3n) is 12.7. The van der Waals surface area contributed by atoms with Gasteiger partial charge in [0.05, 0.1) is 0 Å². The van der Waals surface area contributed by atoms with Crippen molar-refractivity contribution in [2.45, 2.75) is 135 Å². The van der Waals surface area contributed by atoms with E-state index in [-0.39, 0.29) is 10.1 Å². The standard InChI is InChI=1S/C44H62OSi4/c1-27-19-31(5)39(32(6)20-27)46(40-33(7)21-28(2)22-34(40)8)48(43(13,14)15)45-49(46,44(16,17)18)47(48,41-35(9)23-29(3)24-36(41)10)42-37(11)25-30(4)26-38(42)12/h19-26H,1-18H3. The van der Waals surface area contributed by atoms with Crippen LogP contribution in [0.1, 0.15) is 108 Å². The Kier molecular flexibility index (Phi) is 8.27. The lowest BCUT2D eigenvalue weighted by Gasteiger charge is -2.94. The van der Waals surface area contributed by atoms with Gasteiger partial charge in [0.2, 0.25) is 0 Å². The highest BCUT2D eigenvalue weighted by Gasteiger charge is 3.09. The van der Waals surface area contributed by atoms with Gasteiger partial charge in [0, 0.05) is 0 Å². The second-order valence-electron chi connectivity index (χ2n) is 18.6. The Balaban J connectivity index is 2.03. The van der Waals surface area contributed by atoms with E-state index in [1.165, 1.54) is 66.8 Å². The van der Waals surface area contributed by atoms with Crippen molar-refractivity contribution in [2.24, 2.45) is 0 Å². The number of hydrogen-bond donors (Lipinski definition) is 0. The molecule has 0 amide bonds. The van der Waals surface area contributed by atoms with Crippen LogP contribution in [0, 0.1) is 83.1 Å². The number of hydrogen-bond acceptors (Lipinski definition) is 1. The van der Waals surface area contributed by atoms with Crippen molar-refractivity contribution in [1.82, 2.24) is 0 Å². The van der Waals surface area contributed by atoms with Gasteiger partial charge in [-0.2, -0.15) is 0 Å². The van der Waals surface area contributed by atoms with Crippen LogP contribution in [0.3, 0.4) is 0 Å². The van der Waals surface area contributed by atoms with E-state index in [4.69, 9.17) is 4.12 Å². The maximum Gasteiger partial charge on any atom is 0.180 e. The summed E-state index contributed by atoms with van der Waals surface area (Å²) >= 11 is 0. The highest BCUT2D eigenvalue weighted by molar-refractivity contribution is 8.25. The number of benzene rings is 4. The predicted molar refractivity (Wildman–Crippen MR) is 225 cm³/mol. The van der Waals surface area contributed by atoms with E-state index < -0.39 is 28.9 Å². The molecule has 3 fully saturated rings. The molecule has 1 nitrogen and oxygen atoms in total. The molecule has 49 heavy (non-hydrogen) atoms. The quantitative estimate of drug-likeness (QED) is 0.192. The Labute approximate surface area is 302 Å². The zero-order chi connectivity index (χ0) is 36.6. The zero-order valence-corrected chi connectivity index (χ0v) is 38.0. The summed E-state index contributed by atoms with van der Waals surface area (Å²) in [4.78, 5) is 0. The molecule has 0 saturated carbocycles. The average Bonchev–Trinajstić information content (AvgIpc) is 2.86. The molecule has 260 valence electrons. The van der Waals surface area contributed by atoms with E-state index in [1.54, 1.807) is 20.7 Å². The fourth-order valence-electron chi connectivity index (χ4n) is 12.7. The van der Waals surface area contributed by atoms with Crippen LogP contribution in [-0.4, -0.2) is 28.9 Å². The molecule has 0 radical (unpaired) electrons. The minimum absolute atomic E-state index is 0.0203. The maximum absolute atomic E-state index is 8.54. The van der Waals surface area contributed by atoms with Gasteiger partial charge in [-0.3, -0.25) is 0 Å². The molecule has 0 unspecified atom stereocenters. The average molecular weight is 719 g/mol. The van der Waals surface area contributed by atoms with Crippen LogP contribution in [0.4, 0.5) is 0 Å². The van der Waals surface area contributed by atoms with E-state index in [1.807, 2.05) is 0 Å². The first kappa shape index (κ1) is 36.5. The molecule has 4 aromatic carbocycles. The van der Waals surface area contributed by atoms with Crippen molar-refractivity contribution in [3.8, 4) is 0 Å². The smallest absolute Gasteiger partial charge is 0.180 e. The van der Waals surface area contributed by atoms with Crippen LogP contribution in [0.5, 0.6) is 0 Å². The predicted octanol–water partition coefficient (Wildman–Crippen LogP) is 9.06. The van der Waals surface area contributed by atoms with Crippen LogP contribution in [0.15, 0.2) is 48.5 Å². The third kappa shape index (κ3) is 4.11. The summed E-state index contributed by atoms with van der Waals surface area (Å²) in [6.07, 6.45) is 0. The van der Waals surface area contributed by atoms with Gasteiger partial charge in [0.25, 0.3) is 0 Å². The summed E-state index contributed by atoms with van der Waals surface area (Å²) in [6, 6.07) is 20.2. The molecule has 0 atom stereocenters. The molecule has 3 aliphatic heterocycles. The molecule has 0 aliphatic carbocycles. The number of aryl methyl sites for hydroxylation is 12. The molecule has 3 aliphatic rings. The van der Waals surface area contributed by atoms with Gasteiger partial charge < -0.3 is 4.12 Å². The Morgan fingerprint density at radius 1 is 0.327 bits per heavy atom. The summed E-state index contributed by atoms with van der Waals surface area (Å²) in [7, 11) is -10.7. The van der Waals surface area contributed by atoms with Gasteiger partial charge >= 0.3 is 0 Å². The molecule has 0 N–H and O–H groups in total. The van der Waals surface area contributed by atoms with Crippen molar-refractivity contribution >= 4 is 49.7 Å². The molecule has 3 heterocycles. The molecule has 7 rings (SSSR count). The Morgan fingerprint density at radius 2 is 0.490 bits per heavy atom. The molecule has 3 saturated heterocycles. The van der Waals surface area contributed by atoms with Gasteiger partial charge in [0.1, 0.15) is 0 Å². The van der Waals surface area contributed by atoms with E-state index >= 15 is 0 Å². The molecule has 0 spiro atoms. The fraction of sp³-hybridized carbons (Fsp3) is 0.455. The minimum Gasteiger partial charge on any atom is -0.460 e. The van der Waals surface area contributed by atoms with Crippen molar-refractivity contribution in [2.75, 3.05) is 0 Å². The van der Waals surface area contributed by atoms with Crippen molar-refractivity contribution < 1.29 is 4.12 Å². The first-order valence-electron chi connectivity index (χ1n) is 18.5. The second-order valence-corrected chi connectivity index (χ2v) is 53.6. The summed E-state index contributed by atoms with van der Waals surface area (Å²) in [5.74, 6) is 0. The third-order valence-corrected chi connectivity index (χ3v) is 96.3. The first-order valence-corrected chi connectivity index (χ1v) is 30.3. The molecule has 0 aromatic heterocycles. The van der Waals surface area contributed by atoms with Gasteiger partial charge in [-0.1, -0.05) is 157 Å². The zero-order valence-electron chi connectivity index (χ0n) is 34.0. The van der Waals surface area contributed by atoms with E-state index in [0.29, 0.717) is 0 Å². The summed E-state index contributed by atoms with van der Waals surface area (Å²) in [5, 5.41) is 7.08. The normalized spacial score (nSPS) is 22.5. The summed E-state index contributed by atoms with van der Waals surface area (Å²) in [6.45, 7) is 44.6. The lowest BCUT2D eigenvalue weighted by atomic mass is 10.1. The Hall–Kier alpha value is -2.29. The lowest BCUT2D eigenvalue weighted by Crippen LogP contribution is -3.31. The molecular weight excluding hydrogens is 657 g/mol. The Bertz CT molecular complexity index is 1690. The number of rotatable bonds is 4. The van der Waals surface area contributed by atoms with Gasteiger partial charge in [0.15, 0.2) is 28.9 Å². The molecular formula is C44H62OSi4. The minimum atomic E-state index is -2.74. The highest BCUT2D eigenvalue weighted by Crippen LogP contribution is 2.77. The maximum atomic E-state index is 8.54. The second kappa shape index (κ2) is 11.1. The topological polar surface area (TPSA) is 9.23 Å². The van der Waals surface area contributed by atoms with Gasteiger partial charge in [-0.25, -0.2) is 0 Å². The van der Waals surface area contributed by atoms with E-state index in [9.17, 15) is 0 Å². The van der Waals surface area contributed by atoms with Crippen molar-refractivity contribution in [1.29, 1.82) is 0 Å².